The molecule has 1 heterocycles. The van der Waals surface area contributed by atoms with Crippen molar-refractivity contribution in [2.75, 3.05) is 6.61 Å². The fourth-order valence-corrected chi connectivity index (χ4v) is 1.99. The quantitative estimate of drug-likeness (QED) is 0.883. The average Bonchev–Trinajstić information content (AvgIpc) is 3.04. The van der Waals surface area contributed by atoms with Crippen molar-refractivity contribution < 1.29 is 18.7 Å². The molecule has 6 nitrogen and oxygen atoms in total. The number of carbonyl (C=O) groups is 2. The summed E-state index contributed by atoms with van der Waals surface area (Å²) in [5.41, 5.74) is 1.23. The molecule has 0 atom stereocenters. The Hall–Kier alpha value is -2.76. The zero-order valence-electron chi connectivity index (χ0n) is 14.1. The summed E-state index contributed by atoms with van der Waals surface area (Å²) < 4.78 is 10.5. The van der Waals surface area contributed by atoms with Crippen LogP contribution in [0, 0.1) is 0 Å². The molecule has 0 spiro atoms. The standard InChI is InChI=1S/C18H22N2O4/c1-18(2,3)13-6-8-14(9-7-13)24-12-16(21)20-17(22)19-11-15-5-4-10-23-15/h4-10H,11-12H2,1-3H3,(H2,19,20,21,22). The first kappa shape index (κ1) is 17.6. The van der Waals surface area contributed by atoms with Gasteiger partial charge in [0, 0.05) is 0 Å². The van der Waals surface area contributed by atoms with E-state index in [9.17, 15) is 9.59 Å². The van der Waals surface area contributed by atoms with Gasteiger partial charge in [-0.1, -0.05) is 32.9 Å². The Labute approximate surface area is 141 Å². The van der Waals surface area contributed by atoms with E-state index in [1.54, 1.807) is 12.1 Å². The lowest BCUT2D eigenvalue weighted by molar-refractivity contribution is -0.122. The Balaban J connectivity index is 1.73. The Morgan fingerprint density at radius 2 is 1.83 bits per heavy atom. The molecule has 0 saturated carbocycles. The molecular weight excluding hydrogens is 308 g/mol. The lowest BCUT2D eigenvalue weighted by Crippen LogP contribution is -2.41. The summed E-state index contributed by atoms with van der Waals surface area (Å²) in [5, 5.41) is 4.71. The molecule has 0 fully saturated rings. The maximum Gasteiger partial charge on any atom is 0.321 e. The molecule has 0 saturated heterocycles. The Morgan fingerprint density at radius 1 is 1.12 bits per heavy atom. The van der Waals surface area contributed by atoms with Crippen LogP contribution < -0.4 is 15.4 Å². The van der Waals surface area contributed by atoms with Gasteiger partial charge in [0.1, 0.15) is 11.5 Å². The maximum atomic E-state index is 11.7. The van der Waals surface area contributed by atoms with Crippen LogP contribution in [-0.4, -0.2) is 18.5 Å². The van der Waals surface area contributed by atoms with E-state index in [1.165, 1.54) is 11.8 Å². The van der Waals surface area contributed by atoms with Crippen molar-refractivity contribution in [1.82, 2.24) is 10.6 Å². The summed E-state index contributed by atoms with van der Waals surface area (Å²) in [5.74, 6) is 0.661. The highest BCUT2D eigenvalue weighted by atomic mass is 16.5. The summed E-state index contributed by atoms with van der Waals surface area (Å²) in [4.78, 5) is 23.3. The van der Waals surface area contributed by atoms with Crippen molar-refractivity contribution in [3.05, 3.63) is 54.0 Å². The van der Waals surface area contributed by atoms with Gasteiger partial charge in [-0.3, -0.25) is 10.1 Å². The van der Waals surface area contributed by atoms with Gasteiger partial charge in [0.25, 0.3) is 5.91 Å². The van der Waals surface area contributed by atoms with E-state index in [-0.39, 0.29) is 18.6 Å². The topological polar surface area (TPSA) is 80.6 Å². The third-order valence-corrected chi connectivity index (χ3v) is 3.35. The monoisotopic (exact) mass is 330 g/mol. The van der Waals surface area contributed by atoms with Gasteiger partial charge in [-0.05, 0) is 35.2 Å². The van der Waals surface area contributed by atoms with Crippen LogP contribution in [0.1, 0.15) is 32.1 Å². The molecule has 128 valence electrons. The summed E-state index contributed by atoms with van der Waals surface area (Å²) in [6.45, 7) is 6.34. The van der Waals surface area contributed by atoms with Crippen LogP contribution in [0.15, 0.2) is 47.1 Å². The lowest BCUT2D eigenvalue weighted by Gasteiger charge is -2.19. The summed E-state index contributed by atoms with van der Waals surface area (Å²) in [6, 6.07) is 10.4. The van der Waals surface area contributed by atoms with Crippen molar-refractivity contribution in [3.63, 3.8) is 0 Å². The molecule has 0 radical (unpaired) electrons. The van der Waals surface area contributed by atoms with Crippen LogP contribution in [0.3, 0.4) is 0 Å². The zero-order valence-corrected chi connectivity index (χ0v) is 14.1. The zero-order chi connectivity index (χ0) is 17.6. The van der Waals surface area contributed by atoms with E-state index >= 15 is 0 Å². The average molecular weight is 330 g/mol. The molecule has 1 aromatic heterocycles. The van der Waals surface area contributed by atoms with Crippen LogP contribution in [-0.2, 0) is 16.8 Å². The molecule has 3 amide bonds. The molecule has 0 aliphatic carbocycles. The maximum absolute atomic E-state index is 11.7. The second kappa shape index (κ2) is 7.68. The van der Waals surface area contributed by atoms with Crippen LogP contribution in [0.5, 0.6) is 5.75 Å². The van der Waals surface area contributed by atoms with Gasteiger partial charge in [0.05, 0.1) is 12.8 Å². The number of furan rings is 1. The number of benzene rings is 1. The van der Waals surface area contributed by atoms with Gasteiger partial charge in [-0.2, -0.15) is 0 Å². The van der Waals surface area contributed by atoms with Gasteiger partial charge in [-0.15, -0.1) is 0 Å². The van der Waals surface area contributed by atoms with Crippen molar-refractivity contribution in [2.45, 2.75) is 32.7 Å². The number of urea groups is 1. The van der Waals surface area contributed by atoms with Gasteiger partial charge < -0.3 is 14.5 Å². The molecule has 6 heteroatoms. The summed E-state index contributed by atoms with van der Waals surface area (Å²) in [6.07, 6.45) is 1.51. The predicted molar refractivity (Wildman–Crippen MR) is 89.7 cm³/mol. The van der Waals surface area contributed by atoms with Crippen LogP contribution >= 0.6 is 0 Å². The number of nitrogens with one attached hydrogen (secondary N) is 2. The smallest absolute Gasteiger partial charge is 0.321 e. The second-order valence-corrected chi connectivity index (χ2v) is 6.37. The van der Waals surface area contributed by atoms with Gasteiger partial charge in [-0.25, -0.2) is 4.79 Å². The Bertz CT molecular complexity index is 670. The van der Waals surface area contributed by atoms with E-state index in [2.05, 4.69) is 31.4 Å². The van der Waals surface area contributed by atoms with E-state index in [4.69, 9.17) is 9.15 Å². The summed E-state index contributed by atoms with van der Waals surface area (Å²) >= 11 is 0. The minimum absolute atomic E-state index is 0.0575. The number of carbonyl (C=O) groups excluding carboxylic acids is 2. The van der Waals surface area contributed by atoms with Crippen molar-refractivity contribution in [3.8, 4) is 5.75 Å². The number of amides is 3. The lowest BCUT2D eigenvalue weighted by atomic mass is 9.87. The molecule has 0 aliphatic rings. The molecular formula is C18H22N2O4. The molecule has 0 aliphatic heterocycles. The normalized spacial score (nSPS) is 11.0. The number of rotatable bonds is 5. The first-order chi connectivity index (χ1) is 11.3. The third kappa shape index (κ3) is 5.46. The first-order valence-electron chi connectivity index (χ1n) is 7.68. The predicted octanol–water partition coefficient (Wildman–Crippen LogP) is 2.98. The van der Waals surface area contributed by atoms with E-state index < -0.39 is 11.9 Å². The molecule has 2 aromatic rings. The molecule has 24 heavy (non-hydrogen) atoms. The fraction of sp³-hybridized carbons (Fsp3) is 0.333. The molecule has 2 N–H and O–H groups in total. The van der Waals surface area contributed by atoms with E-state index in [0.717, 1.165) is 0 Å². The van der Waals surface area contributed by atoms with Gasteiger partial charge in [0.2, 0.25) is 0 Å². The van der Waals surface area contributed by atoms with Gasteiger partial charge >= 0.3 is 6.03 Å². The molecule has 2 rings (SSSR count). The van der Waals surface area contributed by atoms with Crippen molar-refractivity contribution in [2.24, 2.45) is 0 Å². The van der Waals surface area contributed by atoms with Crippen LogP contribution in [0.2, 0.25) is 0 Å². The van der Waals surface area contributed by atoms with Crippen LogP contribution in [0.4, 0.5) is 4.79 Å². The van der Waals surface area contributed by atoms with E-state index in [0.29, 0.717) is 11.5 Å². The third-order valence-electron chi connectivity index (χ3n) is 3.35. The van der Waals surface area contributed by atoms with E-state index in [1.807, 2.05) is 24.3 Å². The van der Waals surface area contributed by atoms with Crippen molar-refractivity contribution >= 4 is 11.9 Å². The number of hydrogen-bond donors (Lipinski definition) is 2. The minimum Gasteiger partial charge on any atom is -0.484 e. The number of imide groups is 1. The summed E-state index contributed by atoms with van der Waals surface area (Å²) in [7, 11) is 0. The highest BCUT2D eigenvalue weighted by molar-refractivity contribution is 5.94. The minimum atomic E-state index is -0.594. The highest BCUT2D eigenvalue weighted by Gasteiger charge is 2.13. The number of ether oxygens (including phenoxy) is 1. The van der Waals surface area contributed by atoms with Gasteiger partial charge in [0.15, 0.2) is 6.61 Å². The Morgan fingerprint density at radius 3 is 2.42 bits per heavy atom. The number of hydrogen-bond acceptors (Lipinski definition) is 4. The fourth-order valence-electron chi connectivity index (χ4n) is 1.99. The van der Waals surface area contributed by atoms with Crippen LogP contribution in [0.25, 0.3) is 0 Å². The largest absolute Gasteiger partial charge is 0.484 e. The molecule has 1 aromatic carbocycles. The SMILES string of the molecule is CC(C)(C)c1ccc(OCC(=O)NC(=O)NCc2ccco2)cc1. The first-order valence-corrected chi connectivity index (χ1v) is 7.68. The highest BCUT2D eigenvalue weighted by Crippen LogP contribution is 2.24. The second-order valence-electron chi connectivity index (χ2n) is 6.37. The molecule has 0 bridgehead atoms. The molecule has 0 unspecified atom stereocenters. The Kier molecular flexibility index (Phi) is 5.63. The van der Waals surface area contributed by atoms with Crippen molar-refractivity contribution in [1.29, 1.82) is 0 Å².